The second-order valence-electron chi connectivity index (χ2n) is 4.80. The average molecular weight is 292 g/mol. The van der Waals surface area contributed by atoms with Gasteiger partial charge in [0.05, 0.1) is 5.69 Å². The van der Waals surface area contributed by atoms with Crippen molar-refractivity contribution in [3.05, 3.63) is 35.9 Å². The van der Waals surface area contributed by atoms with Gasteiger partial charge in [-0.15, -0.1) is 0 Å². The Kier molecular flexibility index (Phi) is 7.32. The zero-order valence-electron chi connectivity index (χ0n) is 12.8. The highest BCUT2D eigenvalue weighted by Crippen LogP contribution is 2.22. The van der Waals surface area contributed by atoms with Crippen LogP contribution in [0.15, 0.2) is 30.4 Å². The molecule has 0 aromatic heterocycles. The van der Waals surface area contributed by atoms with Gasteiger partial charge < -0.3 is 20.5 Å². The summed E-state index contributed by atoms with van der Waals surface area (Å²) in [6, 6.07) is 5.01. The summed E-state index contributed by atoms with van der Waals surface area (Å²) < 4.78 is 10.7. The molecule has 1 aromatic rings. The van der Waals surface area contributed by atoms with Crippen LogP contribution in [0.3, 0.4) is 0 Å². The van der Waals surface area contributed by atoms with Crippen molar-refractivity contribution >= 4 is 11.6 Å². The molecule has 0 atom stereocenters. The molecule has 0 fully saturated rings. The molecule has 116 valence electrons. The third kappa shape index (κ3) is 6.31. The van der Waals surface area contributed by atoms with Gasteiger partial charge in [0, 0.05) is 25.3 Å². The van der Waals surface area contributed by atoms with Crippen molar-refractivity contribution in [2.45, 2.75) is 20.3 Å². The summed E-state index contributed by atoms with van der Waals surface area (Å²) in [5.74, 6) is 0.413. The average Bonchev–Trinajstić information content (AvgIpc) is 2.45. The Bertz CT molecular complexity index is 486. The van der Waals surface area contributed by atoms with Gasteiger partial charge in [-0.25, -0.2) is 0 Å². The van der Waals surface area contributed by atoms with Gasteiger partial charge in [0.2, 0.25) is 0 Å². The van der Waals surface area contributed by atoms with Gasteiger partial charge in [-0.05, 0) is 44.0 Å². The summed E-state index contributed by atoms with van der Waals surface area (Å²) in [6.45, 7) is 9.90. The monoisotopic (exact) mass is 292 g/mol. The normalized spacial score (nSPS) is 10.2. The number of carbonyl (C=O) groups excluding carboxylic acids is 1. The van der Waals surface area contributed by atoms with E-state index in [1.54, 1.807) is 18.2 Å². The van der Waals surface area contributed by atoms with E-state index in [1.807, 2.05) is 13.8 Å². The summed E-state index contributed by atoms with van der Waals surface area (Å²) in [6.07, 6.45) is 0.787. The van der Waals surface area contributed by atoms with Crippen LogP contribution in [-0.2, 0) is 4.74 Å². The molecular weight excluding hydrogens is 268 g/mol. The molecule has 1 amide bonds. The van der Waals surface area contributed by atoms with E-state index in [4.69, 9.17) is 15.2 Å². The number of nitrogen functional groups attached to an aromatic ring is 1. The third-order valence-corrected chi connectivity index (χ3v) is 2.70. The van der Waals surface area contributed by atoms with Crippen LogP contribution in [0.5, 0.6) is 5.75 Å². The first-order valence-electron chi connectivity index (χ1n) is 7.07. The van der Waals surface area contributed by atoms with E-state index in [2.05, 4.69) is 11.9 Å². The number of hydrogen-bond acceptors (Lipinski definition) is 4. The zero-order chi connectivity index (χ0) is 15.7. The van der Waals surface area contributed by atoms with E-state index >= 15 is 0 Å². The lowest BCUT2D eigenvalue weighted by atomic mass is 10.1. The molecule has 0 aliphatic carbocycles. The molecule has 0 spiro atoms. The fourth-order valence-corrected chi connectivity index (χ4v) is 1.64. The van der Waals surface area contributed by atoms with Crippen molar-refractivity contribution in [1.82, 2.24) is 5.32 Å². The van der Waals surface area contributed by atoms with Gasteiger partial charge in [0.1, 0.15) is 12.4 Å². The standard InChI is InChI=1S/C16H24N2O3/c1-4-20-9-5-8-18-16(19)13-6-7-15(14(17)10-13)21-11-12(2)3/h6-7,10H,2,4-5,8-9,11,17H2,1,3H3,(H,18,19). The van der Waals surface area contributed by atoms with E-state index in [1.165, 1.54) is 0 Å². The van der Waals surface area contributed by atoms with Gasteiger partial charge in [0.25, 0.3) is 5.91 Å². The number of carbonyl (C=O) groups is 1. The summed E-state index contributed by atoms with van der Waals surface area (Å²) in [7, 11) is 0. The van der Waals surface area contributed by atoms with Crippen LogP contribution < -0.4 is 15.8 Å². The number of hydrogen-bond donors (Lipinski definition) is 2. The minimum Gasteiger partial charge on any atom is -0.487 e. The number of anilines is 1. The van der Waals surface area contributed by atoms with Gasteiger partial charge in [-0.2, -0.15) is 0 Å². The fourth-order valence-electron chi connectivity index (χ4n) is 1.64. The van der Waals surface area contributed by atoms with Gasteiger partial charge in [0.15, 0.2) is 0 Å². The first-order valence-corrected chi connectivity index (χ1v) is 7.07. The van der Waals surface area contributed by atoms with Crippen LogP contribution in [-0.4, -0.2) is 32.3 Å². The lowest BCUT2D eigenvalue weighted by molar-refractivity contribution is 0.0944. The zero-order valence-corrected chi connectivity index (χ0v) is 12.8. The summed E-state index contributed by atoms with van der Waals surface area (Å²) in [4.78, 5) is 11.9. The molecular formula is C16H24N2O3. The number of nitrogens with two attached hydrogens (primary N) is 1. The van der Waals surface area contributed by atoms with Crippen molar-refractivity contribution in [2.75, 3.05) is 32.1 Å². The van der Waals surface area contributed by atoms with E-state index in [9.17, 15) is 4.79 Å². The molecule has 1 aromatic carbocycles. The molecule has 0 saturated heterocycles. The van der Waals surface area contributed by atoms with Crippen molar-refractivity contribution < 1.29 is 14.3 Å². The molecule has 0 heterocycles. The van der Waals surface area contributed by atoms with Gasteiger partial charge in [-0.3, -0.25) is 4.79 Å². The predicted octanol–water partition coefficient (Wildman–Crippen LogP) is 2.38. The molecule has 5 nitrogen and oxygen atoms in total. The molecule has 0 aliphatic rings. The van der Waals surface area contributed by atoms with E-state index in [0.29, 0.717) is 43.4 Å². The predicted molar refractivity (Wildman–Crippen MR) is 84.6 cm³/mol. The maximum absolute atomic E-state index is 11.9. The molecule has 21 heavy (non-hydrogen) atoms. The minimum absolute atomic E-state index is 0.148. The van der Waals surface area contributed by atoms with Crippen molar-refractivity contribution in [3.63, 3.8) is 0 Å². The Hall–Kier alpha value is -2.01. The molecule has 1 rings (SSSR count). The van der Waals surface area contributed by atoms with Crippen LogP contribution in [0, 0.1) is 0 Å². The SMILES string of the molecule is C=C(C)COc1ccc(C(=O)NCCCOCC)cc1N. The second kappa shape index (κ2) is 9.02. The van der Waals surface area contributed by atoms with Crippen LogP contribution >= 0.6 is 0 Å². The largest absolute Gasteiger partial charge is 0.487 e. The van der Waals surface area contributed by atoms with Crippen LogP contribution in [0.25, 0.3) is 0 Å². The number of nitrogens with one attached hydrogen (secondary N) is 1. The quantitative estimate of drug-likeness (QED) is 0.416. The van der Waals surface area contributed by atoms with Crippen molar-refractivity contribution in [1.29, 1.82) is 0 Å². The van der Waals surface area contributed by atoms with Gasteiger partial charge >= 0.3 is 0 Å². The third-order valence-electron chi connectivity index (χ3n) is 2.70. The first kappa shape index (κ1) is 17.0. The number of amides is 1. The smallest absolute Gasteiger partial charge is 0.251 e. The Morgan fingerprint density at radius 1 is 1.43 bits per heavy atom. The Balaban J connectivity index is 2.49. The topological polar surface area (TPSA) is 73.6 Å². The molecule has 0 saturated carbocycles. The molecule has 0 unspecified atom stereocenters. The summed E-state index contributed by atoms with van der Waals surface area (Å²) in [5, 5.41) is 2.83. The maximum Gasteiger partial charge on any atom is 0.251 e. The number of benzene rings is 1. The Morgan fingerprint density at radius 2 is 2.19 bits per heavy atom. The highest BCUT2D eigenvalue weighted by Gasteiger charge is 2.08. The lowest BCUT2D eigenvalue weighted by Crippen LogP contribution is -2.25. The second-order valence-corrected chi connectivity index (χ2v) is 4.80. The number of ether oxygens (including phenoxy) is 2. The van der Waals surface area contributed by atoms with E-state index in [-0.39, 0.29) is 5.91 Å². The molecule has 0 aliphatic heterocycles. The molecule has 3 N–H and O–H groups in total. The van der Waals surface area contributed by atoms with E-state index in [0.717, 1.165) is 12.0 Å². The van der Waals surface area contributed by atoms with Crippen molar-refractivity contribution in [2.24, 2.45) is 0 Å². The van der Waals surface area contributed by atoms with E-state index < -0.39 is 0 Å². The summed E-state index contributed by atoms with van der Waals surface area (Å²) >= 11 is 0. The first-order chi connectivity index (χ1) is 10.0. The molecule has 5 heteroatoms. The van der Waals surface area contributed by atoms with Crippen LogP contribution in [0.1, 0.15) is 30.6 Å². The fraction of sp³-hybridized carbons (Fsp3) is 0.438. The van der Waals surface area contributed by atoms with Crippen LogP contribution in [0.4, 0.5) is 5.69 Å². The Labute approximate surface area is 126 Å². The molecule has 0 radical (unpaired) electrons. The van der Waals surface area contributed by atoms with Gasteiger partial charge in [-0.1, -0.05) is 6.58 Å². The Morgan fingerprint density at radius 3 is 2.81 bits per heavy atom. The summed E-state index contributed by atoms with van der Waals surface area (Å²) in [5.41, 5.74) is 7.76. The maximum atomic E-state index is 11.9. The van der Waals surface area contributed by atoms with Crippen molar-refractivity contribution in [3.8, 4) is 5.75 Å². The highest BCUT2D eigenvalue weighted by molar-refractivity contribution is 5.95. The highest BCUT2D eigenvalue weighted by atomic mass is 16.5. The lowest BCUT2D eigenvalue weighted by Gasteiger charge is -2.10. The minimum atomic E-state index is -0.148. The van der Waals surface area contributed by atoms with Crippen LogP contribution in [0.2, 0.25) is 0 Å². The molecule has 0 bridgehead atoms. The number of rotatable bonds is 9.